The van der Waals surface area contributed by atoms with Crippen molar-refractivity contribution in [3.63, 3.8) is 0 Å². The van der Waals surface area contributed by atoms with Crippen LogP contribution in [0.25, 0.3) is 10.8 Å². The molecule has 3 nitrogen and oxygen atoms in total. The van der Waals surface area contributed by atoms with Crippen molar-refractivity contribution in [1.82, 2.24) is 4.98 Å². The molecule has 1 aromatic carbocycles. The fraction of sp³-hybridized carbons (Fsp3) is 0.357. The largest absolute Gasteiger partial charge is 0.379 e. The molecule has 0 saturated heterocycles. The highest BCUT2D eigenvalue weighted by Gasteiger charge is 2.10. The van der Waals surface area contributed by atoms with E-state index in [1.165, 1.54) is 0 Å². The summed E-state index contributed by atoms with van der Waals surface area (Å²) in [5.74, 6) is 0. The second-order valence-corrected chi connectivity index (χ2v) is 4.13. The molecular weight excluding hydrogens is 212 g/mol. The van der Waals surface area contributed by atoms with Crippen LogP contribution in [0.4, 0.5) is 0 Å². The molecule has 0 radical (unpaired) electrons. The standard InChI is InChI=1S/C14H18N2O/c1-2-7-17-10-14(15)13-9-16-8-11-5-3-4-6-12(11)13/h3-6,8-9,14H,2,7,10,15H2,1H3. The Morgan fingerprint density at radius 1 is 1.29 bits per heavy atom. The summed E-state index contributed by atoms with van der Waals surface area (Å²) in [6.45, 7) is 3.39. The second-order valence-electron chi connectivity index (χ2n) is 4.13. The zero-order valence-corrected chi connectivity index (χ0v) is 10.1. The minimum atomic E-state index is -0.111. The summed E-state index contributed by atoms with van der Waals surface area (Å²) in [6, 6.07) is 8.04. The fourth-order valence-electron chi connectivity index (χ4n) is 1.88. The third kappa shape index (κ3) is 2.81. The van der Waals surface area contributed by atoms with E-state index in [4.69, 9.17) is 10.5 Å². The lowest BCUT2D eigenvalue weighted by atomic mass is 10.0. The Kier molecular flexibility index (Phi) is 4.07. The Balaban J connectivity index is 2.22. The molecule has 0 saturated carbocycles. The third-order valence-corrected chi connectivity index (χ3v) is 2.74. The average Bonchev–Trinajstić information content (AvgIpc) is 2.38. The first-order chi connectivity index (χ1) is 8.33. The molecule has 1 aromatic heterocycles. The van der Waals surface area contributed by atoms with E-state index in [-0.39, 0.29) is 6.04 Å². The number of pyridine rings is 1. The van der Waals surface area contributed by atoms with Crippen molar-refractivity contribution >= 4 is 10.8 Å². The molecule has 1 unspecified atom stereocenters. The molecule has 1 atom stereocenters. The maximum Gasteiger partial charge on any atom is 0.0660 e. The SMILES string of the molecule is CCCOCC(N)c1cncc2ccccc12. The summed E-state index contributed by atoms with van der Waals surface area (Å²) in [4.78, 5) is 4.23. The van der Waals surface area contributed by atoms with Gasteiger partial charge in [0.15, 0.2) is 0 Å². The Bertz CT molecular complexity index is 479. The van der Waals surface area contributed by atoms with Gasteiger partial charge in [0.25, 0.3) is 0 Å². The van der Waals surface area contributed by atoms with E-state index in [2.05, 4.69) is 18.0 Å². The van der Waals surface area contributed by atoms with Crippen LogP contribution in [0.3, 0.4) is 0 Å². The van der Waals surface area contributed by atoms with Gasteiger partial charge in [0.05, 0.1) is 12.6 Å². The van der Waals surface area contributed by atoms with Gasteiger partial charge >= 0.3 is 0 Å². The van der Waals surface area contributed by atoms with Crippen LogP contribution in [-0.2, 0) is 4.74 Å². The van der Waals surface area contributed by atoms with E-state index in [1.54, 1.807) is 0 Å². The highest BCUT2D eigenvalue weighted by atomic mass is 16.5. The van der Waals surface area contributed by atoms with Crippen molar-refractivity contribution in [3.05, 3.63) is 42.2 Å². The van der Waals surface area contributed by atoms with E-state index >= 15 is 0 Å². The fourth-order valence-corrected chi connectivity index (χ4v) is 1.88. The predicted octanol–water partition coefficient (Wildman–Crippen LogP) is 2.66. The number of fused-ring (bicyclic) bond motifs is 1. The van der Waals surface area contributed by atoms with Crippen LogP contribution >= 0.6 is 0 Å². The van der Waals surface area contributed by atoms with Crippen molar-refractivity contribution in [2.24, 2.45) is 5.73 Å². The molecule has 90 valence electrons. The molecule has 0 aliphatic carbocycles. The van der Waals surface area contributed by atoms with Gasteiger partial charge < -0.3 is 10.5 Å². The number of hydrogen-bond acceptors (Lipinski definition) is 3. The molecule has 2 rings (SSSR count). The van der Waals surface area contributed by atoms with Gasteiger partial charge in [-0.2, -0.15) is 0 Å². The zero-order chi connectivity index (χ0) is 12.1. The molecule has 17 heavy (non-hydrogen) atoms. The summed E-state index contributed by atoms with van der Waals surface area (Å²) in [5.41, 5.74) is 7.19. The van der Waals surface area contributed by atoms with E-state index in [0.717, 1.165) is 29.4 Å². The summed E-state index contributed by atoms with van der Waals surface area (Å²) in [6.07, 6.45) is 4.71. The maximum absolute atomic E-state index is 6.14. The molecule has 0 bridgehead atoms. The number of ether oxygens (including phenoxy) is 1. The van der Waals surface area contributed by atoms with E-state index in [0.29, 0.717) is 6.61 Å². The second kappa shape index (κ2) is 5.75. The van der Waals surface area contributed by atoms with Crippen LogP contribution in [0.2, 0.25) is 0 Å². The molecule has 1 heterocycles. The van der Waals surface area contributed by atoms with Gasteiger partial charge in [-0.15, -0.1) is 0 Å². The summed E-state index contributed by atoms with van der Waals surface area (Å²) in [5, 5.41) is 2.28. The Morgan fingerprint density at radius 2 is 2.12 bits per heavy atom. The van der Waals surface area contributed by atoms with Crippen molar-refractivity contribution in [1.29, 1.82) is 0 Å². The first-order valence-corrected chi connectivity index (χ1v) is 5.99. The number of aromatic nitrogens is 1. The molecule has 0 aliphatic rings. The smallest absolute Gasteiger partial charge is 0.0660 e. The summed E-state index contributed by atoms with van der Waals surface area (Å²) < 4.78 is 5.50. The van der Waals surface area contributed by atoms with Crippen molar-refractivity contribution in [3.8, 4) is 0 Å². The van der Waals surface area contributed by atoms with Crippen molar-refractivity contribution < 1.29 is 4.74 Å². The Hall–Kier alpha value is -1.45. The minimum Gasteiger partial charge on any atom is -0.379 e. The van der Waals surface area contributed by atoms with Crippen LogP contribution in [0.5, 0.6) is 0 Å². The van der Waals surface area contributed by atoms with Crippen molar-refractivity contribution in [2.75, 3.05) is 13.2 Å². The number of hydrogen-bond donors (Lipinski definition) is 1. The van der Waals surface area contributed by atoms with Gasteiger partial charge in [0.2, 0.25) is 0 Å². The molecule has 2 aromatic rings. The lowest BCUT2D eigenvalue weighted by Crippen LogP contribution is -2.18. The normalized spacial score (nSPS) is 12.8. The summed E-state index contributed by atoms with van der Waals surface area (Å²) in [7, 11) is 0. The van der Waals surface area contributed by atoms with Gasteiger partial charge in [-0.25, -0.2) is 0 Å². The highest BCUT2D eigenvalue weighted by Crippen LogP contribution is 2.21. The van der Waals surface area contributed by atoms with Crippen LogP contribution in [0.15, 0.2) is 36.7 Å². The zero-order valence-electron chi connectivity index (χ0n) is 10.1. The molecular formula is C14H18N2O. The van der Waals surface area contributed by atoms with Gasteiger partial charge in [0.1, 0.15) is 0 Å². The van der Waals surface area contributed by atoms with Crippen LogP contribution in [0, 0.1) is 0 Å². The number of rotatable bonds is 5. The number of nitrogens with zero attached hydrogens (tertiary/aromatic N) is 1. The van der Waals surface area contributed by atoms with Crippen LogP contribution in [-0.4, -0.2) is 18.2 Å². The molecule has 3 heteroatoms. The van der Waals surface area contributed by atoms with Crippen LogP contribution < -0.4 is 5.73 Å². The van der Waals surface area contributed by atoms with E-state index in [1.807, 2.05) is 30.6 Å². The molecule has 2 N–H and O–H groups in total. The van der Waals surface area contributed by atoms with Gasteiger partial charge in [-0.05, 0) is 17.4 Å². The quantitative estimate of drug-likeness (QED) is 0.803. The monoisotopic (exact) mass is 230 g/mol. The average molecular weight is 230 g/mol. The number of nitrogens with two attached hydrogens (primary N) is 1. The lowest BCUT2D eigenvalue weighted by molar-refractivity contribution is 0.122. The minimum absolute atomic E-state index is 0.111. The molecule has 0 aliphatic heterocycles. The lowest BCUT2D eigenvalue weighted by Gasteiger charge is -2.14. The first kappa shape index (κ1) is 12.0. The highest BCUT2D eigenvalue weighted by molar-refractivity contribution is 5.85. The van der Waals surface area contributed by atoms with Crippen molar-refractivity contribution in [2.45, 2.75) is 19.4 Å². The number of benzene rings is 1. The molecule has 0 spiro atoms. The third-order valence-electron chi connectivity index (χ3n) is 2.74. The van der Waals surface area contributed by atoms with Crippen LogP contribution in [0.1, 0.15) is 24.9 Å². The topological polar surface area (TPSA) is 48.1 Å². The molecule has 0 amide bonds. The Morgan fingerprint density at radius 3 is 2.94 bits per heavy atom. The van der Waals surface area contributed by atoms with E-state index in [9.17, 15) is 0 Å². The molecule has 0 fully saturated rings. The predicted molar refractivity (Wildman–Crippen MR) is 69.8 cm³/mol. The van der Waals surface area contributed by atoms with Gasteiger partial charge in [-0.3, -0.25) is 4.98 Å². The Labute approximate surface area is 102 Å². The van der Waals surface area contributed by atoms with Gasteiger partial charge in [-0.1, -0.05) is 31.2 Å². The maximum atomic E-state index is 6.14. The first-order valence-electron chi connectivity index (χ1n) is 5.99. The van der Waals surface area contributed by atoms with E-state index < -0.39 is 0 Å². The van der Waals surface area contributed by atoms with Gasteiger partial charge in [0, 0.05) is 24.4 Å². The summed E-state index contributed by atoms with van der Waals surface area (Å²) >= 11 is 0.